The summed E-state index contributed by atoms with van der Waals surface area (Å²) in [5, 5.41) is 4.29. The third-order valence-electron chi connectivity index (χ3n) is 2.16. The Balaban J connectivity index is 2.31. The van der Waals surface area contributed by atoms with Crippen LogP contribution in [-0.2, 0) is 5.88 Å². The molecule has 88 valence electrons. The fourth-order valence-electron chi connectivity index (χ4n) is 1.42. The van der Waals surface area contributed by atoms with E-state index in [1.165, 1.54) is 0 Å². The minimum absolute atomic E-state index is 0.393. The zero-order valence-corrected chi connectivity index (χ0v) is 11.0. The maximum Gasteiger partial charge on any atom is 0.134 e. The molecule has 1 aromatic heterocycles. The minimum Gasteiger partial charge on any atom is -0.340 e. The van der Waals surface area contributed by atoms with Gasteiger partial charge in [-0.2, -0.15) is 0 Å². The molecule has 0 radical (unpaired) electrons. The Morgan fingerprint density at radius 2 is 1.82 bits per heavy atom. The van der Waals surface area contributed by atoms with Crippen LogP contribution in [0.4, 0.5) is 11.5 Å². The number of nitrogens with zero attached hydrogens (tertiary/aromatic N) is 1. The second-order valence-corrected chi connectivity index (χ2v) is 4.57. The van der Waals surface area contributed by atoms with E-state index >= 15 is 0 Å². The van der Waals surface area contributed by atoms with Gasteiger partial charge in [0, 0.05) is 27.5 Å². The van der Waals surface area contributed by atoms with Crippen molar-refractivity contribution < 1.29 is 0 Å². The van der Waals surface area contributed by atoms with E-state index in [4.69, 9.17) is 34.8 Å². The quantitative estimate of drug-likeness (QED) is 0.815. The van der Waals surface area contributed by atoms with Crippen molar-refractivity contribution in [2.24, 2.45) is 0 Å². The molecule has 0 aliphatic carbocycles. The number of nitrogens with one attached hydrogen (secondary N) is 1. The average Bonchev–Trinajstić information content (AvgIpc) is 2.28. The molecule has 1 heterocycles. The first-order valence-electron chi connectivity index (χ1n) is 4.92. The summed E-state index contributed by atoms with van der Waals surface area (Å²) in [6.07, 6.45) is 1.70. The van der Waals surface area contributed by atoms with Gasteiger partial charge in [0.25, 0.3) is 0 Å². The first-order chi connectivity index (χ1) is 8.19. The number of halogens is 3. The number of pyridine rings is 1. The van der Waals surface area contributed by atoms with Crippen LogP contribution in [0, 0.1) is 0 Å². The third kappa shape index (κ3) is 3.25. The molecule has 0 bridgehead atoms. The smallest absolute Gasteiger partial charge is 0.134 e. The van der Waals surface area contributed by atoms with Crippen LogP contribution in [0.5, 0.6) is 0 Å². The summed E-state index contributed by atoms with van der Waals surface area (Å²) in [6, 6.07) is 8.98. The van der Waals surface area contributed by atoms with Crippen molar-refractivity contribution in [3.63, 3.8) is 0 Å². The van der Waals surface area contributed by atoms with E-state index in [0.29, 0.717) is 21.7 Å². The molecule has 2 aromatic rings. The monoisotopic (exact) mass is 286 g/mol. The van der Waals surface area contributed by atoms with E-state index in [1.54, 1.807) is 24.4 Å². The first kappa shape index (κ1) is 12.5. The van der Waals surface area contributed by atoms with E-state index in [9.17, 15) is 0 Å². The van der Waals surface area contributed by atoms with Gasteiger partial charge in [0.1, 0.15) is 5.82 Å². The van der Waals surface area contributed by atoms with E-state index < -0.39 is 0 Å². The normalized spacial score (nSPS) is 10.3. The predicted molar refractivity (Wildman–Crippen MR) is 73.5 cm³/mol. The second kappa shape index (κ2) is 5.58. The fourth-order valence-corrected chi connectivity index (χ4v) is 2.16. The molecule has 2 nitrogen and oxygen atoms in total. The van der Waals surface area contributed by atoms with Crippen LogP contribution in [0.3, 0.4) is 0 Å². The molecular weight excluding hydrogens is 279 g/mol. The molecule has 0 saturated heterocycles. The summed E-state index contributed by atoms with van der Waals surface area (Å²) in [4.78, 5) is 4.22. The number of hydrogen-bond acceptors (Lipinski definition) is 2. The highest BCUT2D eigenvalue weighted by molar-refractivity contribution is 6.35. The molecule has 1 aromatic carbocycles. The molecule has 1 N–H and O–H groups in total. The summed E-state index contributed by atoms with van der Waals surface area (Å²) in [5.41, 5.74) is 1.71. The van der Waals surface area contributed by atoms with Crippen LogP contribution in [0.1, 0.15) is 5.56 Å². The molecule has 0 aliphatic rings. The predicted octanol–water partition coefficient (Wildman–Crippen LogP) is 4.87. The number of aromatic nitrogens is 1. The van der Waals surface area contributed by atoms with Gasteiger partial charge in [-0.3, -0.25) is 0 Å². The number of rotatable bonds is 3. The molecule has 0 unspecified atom stereocenters. The maximum absolute atomic E-state index is 5.92. The van der Waals surface area contributed by atoms with E-state index in [-0.39, 0.29) is 0 Å². The maximum atomic E-state index is 5.92. The Morgan fingerprint density at radius 1 is 1.12 bits per heavy atom. The summed E-state index contributed by atoms with van der Waals surface area (Å²) < 4.78 is 0. The van der Waals surface area contributed by atoms with E-state index in [0.717, 1.165) is 11.3 Å². The van der Waals surface area contributed by atoms with E-state index in [2.05, 4.69) is 10.3 Å². The van der Waals surface area contributed by atoms with Crippen LogP contribution < -0.4 is 5.32 Å². The molecule has 0 amide bonds. The standard InChI is InChI=1S/C12H9Cl3N2/c13-7-8-2-1-3-16-12(8)17-11-5-9(14)4-10(15)6-11/h1-6H,7H2,(H,16,17). The van der Waals surface area contributed by atoms with Crippen molar-refractivity contribution in [2.45, 2.75) is 5.88 Å². The number of alkyl halides is 1. The highest BCUT2D eigenvalue weighted by Crippen LogP contribution is 2.26. The van der Waals surface area contributed by atoms with Crippen molar-refractivity contribution in [2.75, 3.05) is 5.32 Å². The van der Waals surface area contributed by atoms with Crippen LogP contribution >= 0.6 is 34.8 Å². The lowest BCUT2D eigenvalue weighted by Gasteiger charge is -2.09. The zero-order chi connectivity index (χ0) is 12.3. The topological polar surface area (TPSA) is 24.9 Å². The fraction of sp³-hybridized carbons (Fsp3) is 0.0833. The molecule has 2 rings (SSSR count). The third-order valence-corrected chi connectivity index (χ3v) is 2.88. The number of anilines is 2. The van der Waals surface area contributed by atoms with Gasteiger partial charge >= 0.3 is 0 Å². The Morgan fingerprint density at radius 3 is 2.47 bits per heavy atom. The van der Waals surface area contributed by atoms with Crippen molar-refractivity contribution in [3.05, 3.63) is 52.1 Å². The van der Waals surface area contributed by atoms with Crippen molar-refractivity contribution in [3.8, 4) is 0 Å². The average molecular weight is 288 g/mol. The van der Waals surface area contributed by atoms with Crippen LogP contribution in [0.2, 0.25) is 10.0 Å². The SMILES string of the molecule is ClCc1cccnc1Nc1cc(Cl)cc(Cl)c1. The Kier molecular flexibility index (Phi) is 4.11. The van der Waals surface area contributed by atoms with Gasteiger partial charge in [-0.05, 0) is 24.3 Å². The summed E-state index contributed by atoms with van der Waals surface area (Å²) in [5.74, 6) is 1.10. The van der Waals surface area contributed by atoms with Crippen molar-refractivity contribution in [1.82, 2.24) is 4.98 Å². The molecule has 0 saturated carbocycles. The van der Waals surface area contributed by atoms with Gasteiger partial charge in [-0.15, -0.1) is 11.6 Å². The molecule has 0 spiro atoms. The Labute approximate surface area is 115 Å². The van der Waals surface area contributed by atoms with Gasteiger partial charge in [-0.25, -0.2) is 4.98 Å². The van der Waals surface area contributed by atoms with Crippen LogP contribution in [0.15, 0.2) is 36.5 Å². The lowest BCUT2D eigenvalue weighted by atomic mass is 10.2. The molecular formula is C12H9Cl3N2. The van der Waals surface area contributed by atoms with Gasteiger partial charge in [0.2, 0.25) is 0 Å². The first-order valence-corrected chi connectivity index (χ1v) is 6.21. The van der Waals surface area contributed by atoms with Crippen molar-refractivity contribution >= 4 is 46.3 Å². The highest BCUT2D eigenvalue weighted by atomic mass is 35.5. The van der Waals surface area contributed by atoms with Gasteiger partial charge < -0.3 is 5.32 Å². The lowest BCUT2D eigenvalue weighted by Crippen LogP contribution is -1.97. The Bertz CT molecular complexity index is 509. The van der Waals surface area contributed by atoms with Crippen LogP contribution in [0.25, 0.3) is 0 Å². The molecule has 0 aliphatic heterocycles. The number of benzene rings is 1. The Hall–Kier alpha value is -0.960. The molecule has 17 heavy (non-hydrogen) atoms. The van der Waals surface area contributed by atoms with E-state index in [1.807, 2.05) is 12.1 Å². The van der Waals surface area contributed by atoms with Gasteiger partial charge in [0.05, 0.1) is 5.88 Å². The summed E-state index contributed by atoms with van der Waals surface area (Å²) in [6.45, 7) is 0. The highest BCUT2D eigenvalue weighted by Gasteiger charge is 2.04. The lowest BCUT2D eigenvalue weighted by molar-refractivity contribution is 1.24. The van der Waals surface area contributed by atoms with Gasteiger partial charge in [-0.1, -0.05) is 29.3 Å². The minimum atomic E-state index is 0.393. The van der Waals surface area contributed by atoms with Crippen LogP contribution in [-0.4, -0.2) is 4.98 Å². The molecule has 5 heteroatoms. The van der Waals surface area contributed by atoms with Crippen molar-refractivity contribution in [1.29, 1.82) is 0 Å². The largest absolute Gasteiger partial charge is 0.340 e. The molecule has 0 fully saturated rings. The zero-order valence-electron chi connectivity index (χ0n) is 8.75. The second-order valence-electron chi connectivity index (χ2n) is 3.43. The molecule has 0 atom stereocenters. The van der Waals surface area contributed by atoms with Gasteiger partial charge in [0.15, 0.2) is 0 Å². The number of hydrogen-bond donors (Lipinski definition) is 1. The summed E-state index contributed by atoms with van der Waals surface area (Å²) >= 11 is 17.7. The summed E-state index contributed by atoms with van der Waals surface area (Å²) in [7, 11) is 0.